The number of carbonyl (C=O) groups is 2. The molecule has 3 aromatic rings. The molecule has 37 heavy (non-hydrogen) atoms. The molecule has 0 unspecified atom stereocenters. The molecule has 1 heterocycles. The van der Waals surface area contributed by atoms with Gasteiger partial charge in [0.15, 0.2) is 0 Å². The normalized spacial score (nSPS) is 12.9. The zero-order valence-corrected chi connectivity index (χ0v) is 20.9. The number of alkyl halides is 2. The zero-order valence-electron chi connectivity index (χ0n) is 20.1. The number of carboxylic acids is 2. The summed E-state index contributed by atoms with van der Waals surface area (Å²) < 4.78 is 29.4. The van der Waals surface area contributed by atoms with Crippen molar-refractivity contribution in [3.8, 4) is 0 Å². The van der Waals surface area contributed by atoms with E-state index in [1.165, 1.54) is 35.4 Å². The molecular formula is C28H29ClF2N2O4. The van der Waals surface area contributed by atoms with Crippen LogP contribution in [0.1, 0.15) is 40.7 Å². The Kier molecular flexibility index (Phi) is 10.00. The third-order valence-electron chi connectivity index (χ3n) is 5.96. The highest BCUT2D eigenvalue weighted by atomic mass is 35.5. The molecule has 4 N–H and O–H groups in total. The quantitative estimate of drug-likeness (QED) is 0.297. The Balaban J connectivity index is 0.000000414. The second-order valence-corrected chi connectivity index (χ2v) is 9.00. The minimum absolute atomic E-state index is 0.00163. The van der Waals surface area contributed by atoms with E-state index in [1.54, 1.807) is 30.3 Å². The first-order valence-corrected chi connectivity index (χ1v) is 12.3. The molecule has 4 rings (SSSR count). The van der Waals surface area contributed by atoms with Crippen molar-refractivity contribution < 1.29 is 28.6 Å². The van der Waals surface area contributed by atoms with Crippen molar-refractivity contribution in [2.45, 2.75) is 38.2 Å². The van der Waals surface area contributed by atoms with Gasteiger partial charge in [-0.1, -0.05) is 72.3 Å². The first-order valence-electron chi connectivity index (χ1n) is 11.9. The highest BCUT2D eigenvalue weighted by Crippen LogP contribution is 2.36. The van der Waals surface area contributed by atoms with Crippen molar-refractivity contribution in [2.24, 2.45) is 0 Å². The topological polar surface area (TPSA) is 98.7 Å². The first-order chi connectivity index (χ1) is 17.7. The predicted molar refractivity (Wildman–Crippen MR) is 139 cm³/mol. The predicted octanol–water partition coefficient (Wildman–Crippen LogP) is 5.72. The molecule has 196 valence electrons. The van der Waals surface area contributed by atoms with E-state index in [9.17, 15) is 18.4 Å². The summed E-state index contributed by atoms with van der Waals surface area (Å²) in [5.74, 6) is -5.17. The molecule has 0 aromatic heterocycles. The van der Waals surface area contributed by atoms with Gasteiger partial charge in [-0.2, -0.15) is 8.78 Å². The van der Waals surface area contributed by atoms with Crippen molar-refractivity contribution in [3.63, 3.8) is 0 Å². The molecule has 0 radical (unpaired) electrons. The maximum Gasteiger partial charge on any atom is 0.303 e. The van der Waals surface area contributed by atoms with Crippen LogP contribution in [0.4, 0.5) is 14.5 Å². The Morgan fingerprint density at radius 3 is 2.08 bits per heavy atom. The number of hydrogen-bond acceptors (Lipinski definition) is 4. The van der Waals surface area contributed by atoms with Gasteiger partial charge in [0.1, 0.15) is 0 Å². The number of aliphatic carboxylic acids is 2. The molecule has 1 aliphatic heterocycles. The molecule has 1 aliphatic rings. The lowest BCUT2D eigenvalue weighted by Crippen LogP contribution is -2.16. The van der Waals surface area contributed by atoms with Gasteiger partial charge in [-0.3, -0.25) is 9.59 Å². The summed E-state index contributed by atoms with van der Waals surface area (Å²) in [6, 6.07) is 18.4. The van der Waals surface area contributed by atoms with E-state index in [0.29, 0.717) is 11.6 Å². The minimum Gasteiger partial charge on any atom is -0.481 e. The summed E-state index contributed by atoms with van der Waals surface area (Å²) in [5.41, 5.74) is 4.42. The summed E-state index contributed by atoms with van der Waals surface area (Å²) in [5, 5.41) is 23.3. The van der Waals surface area contributed by atoms with E-state index in [0.717, 1.165) is 37.2 Å². The van der Waals surface area contributed by atoms with E-state index < -0.39 is 17.9 Å². The van der Waals surface area contributed by atoms with E-state index in [1.807, 2.05) is 6.07 Å². The van der Waals surface area contributed by atoms with Crippen LogP contribution in [0.25, 0.3) is 0 Å². The Morgan fingerprint density at radius 1 is 0.865 bits per heavy atom. The molecule has 0 spiro atoms. The molecule has 3 aromatic carbocycles. The number of rotatable bonds is 8. The standard InChI is InChI=1S/C24H23ClF2N2.C4H6O4/c25-22-11-8-18-12-14-28-15-13-21(18)23(22)29-16-17-6-9-20(10-7-17)24(26,27)19-4-2-1-3-5-19;5-3(6)1-2-4(7)8/h1-11,28-29H,12-16H2;1-2H2,(H,5,6)(H,7,8). The number of anilines is 1. The molecular weight excluding hydrogens is 502 g/mol. The molecule has 9 heteroatoms. The van der Waals surface area contributed by atoms with Crippen molar-refractivity contribution in [3.05, 3.63) is 99.6 Å². The maximum absolute atomic E-state index is 14.7. The number of fused-ring (bicyclic) bond motifs is 1. The highest BCUT2D eigenvalue weighted by molar-refractivity contribution is 6.33. The van der Waals surface area contributed by atoms with Crippen LogP contribution in [0.5, 0.6) is 0 Å². The van der Waals surface area contributed by atoms with Crippen LogP contribution >= 0.6 is 11.6 Å². The van der Waals surface area contributed by atoms with Crippen molar-refractivity contribution in [2.75, 3.05) is 18.4 Å². The second kappa shape index (κ2) is 13.2. The lowest BCUT2D eigenvalue weighted by atomic mass is 9.99. The average molecular weight is 531 g/mol. The van der Waals surface area contributed by atoms with Gasteiger partial charge in [0, 0.05) is 17.7 Å². The van der Waals surface area contributed by atoms with Gasteiger partial charge in [0.05, 0.1) is 23.6 Å². The van der Waals surface area contributed by atoms with E-state index >= 15 is 0 Å². The van der Waals surface area contributed by atoms with Gasteiger partial charge in [-0.05, 0) is 48.7 Å². The fourth-order valence-electron chi connectivity index (χ4n) is 3.99. The smallest absolute Gasteiger partial charge is 0.303 e. The summed E-state index contributed by atoms with van der Waals surface area (Å²) in [4.78, 5) is 19.3. The fraction of sp³-hybridized carbons (Fsp3) is 0.286. The van der Waals surface area contributed by atoms with Gasteiger partial charge in [-0.15, -0.1) is 0 Å². The average Bonchev–Trinajstić information content (AvgIpc) is 3.14. The molecule has 0 atom stereocenters. The van der Waals surface area contributed by atoms with Crippen LogP contribution in [0.2, 0.25) is 5.02 Å². The summed E-state index contributed by atoms with van der Waals surface area (Å²) in [7, 11) is 0. The van der Waals surface area contributed by atoms with Crippen molar-refractivity contribution in [1.29, 1.82) is 0 Å². The van der Waals surface area contributed by atoms with E-state index in [-0.39, 0.29) is 24.0 Å². The van der Waals surface area contributed by atoms with Crippen LogP contribution in [0.3, 0.4) is 0 Å². The largest absolute Gasteiger partial charge is 0.481 e. The SMILES string of the molecule is FC(F)(c1ccccc1)c1ccc(CNc2c(Cl)ccc3c2CCNCC3)cc1.O=C(O)CCC(=O)O. The molecule has 6 nitrogen and oxygen atoms in total. The van der Waals surface area contributed by atoms with Gasteiger partial charge < -0.3 is 20.8 Å². The van der Waals surface area contributed by atoms with Crippen LogP contribution in [0.15, 0.2) is 66.7 Å². The van der Waals surface area contributed by atoms with Gasteiger partial charge in [0.2, 0.25) is 0 Å². The summed E-state index contributed by atoms with van der Waals surface area (Å²) in [6.45, 7) is 2.41. The number of carboxylic acid groups (broad SMARTS) is 2. The van der Waals surface area contributed by atoms with Crippen LogP contribution in [-0.2, 0) is 34.9 Å². The minimum atomic E-state index is -3.01. The van der Waals surface area contributed by atoms with E-state index in [2.05, 4.69) is 16.7 Å². The number of hydrogen-bond donors (Lipinski definition) is 4. The molecule has 0 amide bonds. The molecule has 0 saturated carbocycles. The second-order valence-electron chi connectivity index (χ2n) is 8.59. The van der Waals surface area contributed by atoms with Crippen LogP contribution in [0, 0.1) is 0 Å². The zero-order chi connectivity index (χ0) is 26.8. The Morgan fingerprint density at radius 2 is 1.46 bits per heavy atom. The molecule has 0 saturated heterocycles. The van der Waals surface area contributed by atoms with E-state index in [4.69, 9.17) is 21.8 Å². The molecule has 0 aliphatic carbocycles. The van der Waals surface area contributed by atoms with Crippen LogP contribution < -0.4 is 10.6 Å². The summed E-state index contributed by atoms with van der Waals surface area (Å²) >= 11 is 6.45. The van der Waals surface area contributed by atoms with Gasteiger partial charge >= 0.3 is 11.9 Å². The van der Waals surface area contributed by atoms with Crippen molar-refractivity contribution in [1.82, 2.24) is 5.32 Å². The Bertz CT molecular complexity index is 1190. The number of nitrogens with one attached hydrogen (secondary N) is 2. The Labute approximate surface area is 219 Å². The van der Waals surface area contributed by atoms with Gasteiger partial charge in [-0.25, -0.2) is 0 Å². The van der Waals surface area contributed by atoms with Crippen LogP contribution in [-0.4, -0.2) is 35.2 Å². The first kappa shape index (κ1) is 28.1. The summed E-state index contributed by atoms with van der Waals surface area (Å²) in [6.07, 6.45) is 1.30. The third-order valence-corrected chi connectivity index (χ3v) is 6.27. The number of halogens is 3. The Hall–Kier alpha value is -3.49. The fourth-order valence-corrected chi connectivity index (χ4v) is 4.23. The monoisotopic (exact) mass is 530 g/mol. The third kappa shape index (κ3) is 8.00. The highest BCUT2D eigenvalue weighted by Gasteiger charge is 2.33. The lowest BCUT2D eigenvalue weighted by molar-refractivity contribution is -0.143. The number of benzene rings is 3. The molecule has 0 fully saturated rings. The van der Waals surface area contributed by atoms with Gasteiger partial charge in [0.25, 0.3) is 5.92 Å². The maximum atomic E-state index is 14.7. The lowest BCUT2D eigenvalue weighted by Gasteiger charge is -2.18. The molecule has 0 bridgehead atoms. The van der Waals surface area contributed by atoms with Crippen molar-refractivity contribution >= 4 is 29.2 Å².